The van der Waals surface area contributed by atoms with Crippen molar-refractivity contribution in [2.24, 2.45) is 11.8 Å². The third-order valence-corrected chi connectivity index (χ3v) is 6.18. The quantitative estimate of drug-likeness (QED) is 0.793. The number of sulfonamides is 1. The summed E-state index contributed by atoms with van der Waals surface area (Å²) in [5.74, 6) is -1.62. The maximum absolute atomic E-state index is 12.4. The zero-order valence-electron chi connectivity index (χ0n) is 10.4. The molecule has 0 spiro atoms. The number of rotatable bonds is 3. The van der Waals surface area contributed by atoms with Gasteiger partial charge < -0.3 is 9.84 Å². The van der Waals surface area contributed by atoms with Gasteiger partial charge in [-0.3, -0.25) is 4.79 Å². The summed E-state index contributed by atoms with van der Waals surface area (Å²) in [5, 5.41) is 8.62. The number of carbonyl (C=O) groups is 1. The summed E-state index contributed by atoms with van der Waals surface area (Å²) < 4.78 is 31.3. The van der Waals surface area contributed by atoms with Crippen molar-refractivity contribution in [1.29, 1.82) is 0 Å². The Morgan fingerprint density at radius 1 is 1.28 bits per heavy atom. The van der Waals surface area contributed by atoms with Crippen LogP contribution >= 0.6 is 0 Å². The fourth-order valence-electron chi connectivity index (χ4n) is 2.64. The number of nitrogens with zero attached hydrogens (tertiary/aromatic N) is 1. The Kier molecular flexibility index (Phi) is 3.93. The van der Waals surface area contributed by atoms with Crippen LogP contribution in [-0.2, 0) is 19.6 Å². The molecule has 0 aromatic carbocycles. The van der Waals surface area contributed by atoms with Crippen LogP contribution in [0.4, 0.5) is 0 Å². The van der Waals surface area contributed by atoms with Crippen molar-refractivity contribution in [1.82, 2.24) is 4.31 Å². The average molecular weight is 277 g/mol. The molecule has 0 unspecified atom stereocenters. The van der Waals surface area contributed by atoms with Crippen molar-refractivity contribution in [2.45, 2.75) is 25.0 Å². The number of carboxylic acid groups (broad SMARTS) is 1. The maximum atomic E-state index is 12.4. The number of ether oxygens (including phenoxy) is 1. The van der Waals surface area contributed by atoms with E-state index in [0.717, 1.165) is 0 Å². The summed E-state index contributed by atoms with van der Waals surface area (Å²) >= 11 is 0. The molecular formula is C11H19NO5S. The number of aliphatic carboxylic acids is 1. The van der Waals surface area contributed by atoms with Crippen LogP contribution < -0.4 is 0 Å². The Balaban J connectivity index is 2.09. The molecule has 1 N–H and O–H groups in total. The zero-order valence-corrected chi connectivity index (χ0v) is 11.2. The lowest BCUT2D eigenvalue weighted by molar-refractivity contribution is -0.142. The Bertz CT molecular complexity index is 415. The molecule has 0 saturated carbocycles. The van der Waals surface area contributed by atoms with E-state index >= 15 is 0 Å². The van der Waals surface area contributed by atoms with E-state index in [0.29, 0.717) is 32.6 Å². The Labute approximate surface area is 107 Å². The lowest BCUT2D eigenvalue weighted by Crippen LogP contribution is -2.40. The minimum atomic E-state index is -3.37. The van der Waals surface area contributed by atoms with Gasteiger partial charge in [-0.2, -0.15) is 0 Å². The van der Waals surface area contributed by atoms with Crippen LogP contribution in [0.15, 0.2) is 0 Å². The zero-order chi connectivity index (χ0) is 13.3. The first-order valence-corrected chi connectivity index (χ1v) is 7.72. The third-order valence-electron chi connectivity index (χ3n) is 3.85. The van der Waals surface area contributed by atoms with E-state index in [-0.39, 0.29) is 12.5 Å². The molecule has 2 fully saturated rings. The van der Waals surface area contributed by atoms with Gasteiger partial charge in [-0.25, -0.2) is 12.7 Å². The van der Waals surface area contributed by atoms with Gasteiger partial charge in [0.25, 0.3) is 0 Å². The molecule has 0 amide bonds. The topological polar surface area (TPSA) is 83.9 Å². The second kappa shape index (κ2) is 5.14. The van der Waals surface area contributed by atoms with Gasteiger partial charge in [-0.1, -0.05) is 6.92 Å². The molecule has 0 aromatic rings. The van der Waals surface area contributed by atoms with Crippen molar-refractivity contribution in [3.05, 3.63) is 0 Å². The third kappa shape index (κ3) is 2.53. The fraction of sp³-hybridized carbons (Fsp3) is 0.909. The average Bonchev–Trinajstić information content (AvgIpc) is 2.73. The van der Waals surface area contributed by atoms with Crippen molar-refractivity contribution < 1.29 is 23.1 Å². The smallest absolute Gasteiger partial charge is 0.308 e. The summed E-state index contributed by atoms with van der Waals surface area (Å²) in [6.07, 6.45) is 1.01. The molecule has 2 aliphatic heterocycles. The van der Waals surface area contributed by atoms with Gasteiger partial charge >= 0.3 is 5.97 Å². The van der Waals surface area contributed by atoms with E-state index in [2.05, 4.69) is 0 Å². The van der Waals surface area contributed by atoms with Gasteiger partial charge in [0, 0.05) is 26.3 Å². The highest BCUT2D eigenvalue weighted by Gasteiger charge is 2.43. The highest BCUT2D eigenvalue weighted by Crippen LogP contribution is 2.29. The molecule has 18 heavy (non-hydrogen) atoms. The van der Waals surface area contributed by atoms with E-state index in [4.69, 9.17) is 9.84 Å². The van der Waals surface area contributed by atoms with Crippen LogP contribution in [-0.4, -0.2) is 55.4 Å². The largest absolute Gasteiger partial charge is 0.481 e. The predicted molar refractivity (Wildman–Crippen MR) is 64.6 cm³/mol. The molecule has 2 saturated heterocycles. The molecule has 0 aromatic heterocycles. The monoisotopic (exact) mass is 277 g/mol. The number of carboxylic acids is 1. The molecule has 2 aliphatic rings. The van der Waals surface area contributed by atoms with E-state index in [1.54, 1.807) is 6.92 Å². The van der Waals surface area contributed by atoms with Gasteiger partial charge in [-0.05, 0) is 18.8 Å². The Morgan fingerprint density at radius 2 is 1.89 bits per heavy atom. The van der Waals surface area contributed by atoms with Crippen LogP contribution in [0.1, 0.15) is 19.8 Å². The van der Waals surface area contributed by atoms with Gasteiger partial charge in [0.2, 0.25) is 10.0 Å². The molecule has 2 rings (SSSR count). The Hall–Kier alpha value is -0.660. The first-order valence-electron chi connectivity index (χ1n) is 6.22. The summed E-state index contributed by atoms with van der Waals surface area (Å²) in [4.78, 5) is 11.0. The summed E-state index contributed by atoms with van der Waals surface area (Å²) in [6, 6.07) is 0. The predicted octanol–water partition coefficient (Wildman–Crippen LogP) is 0.148. The van der Waals surface area contributed by atoms with Crippen molar-refractivity contribution >= 4 is 16.0 Å². The van der Waals surface area contributed by atoms with E-state index in [1.807, 2.05) is 0 Å². The second-order valence-electron chi connectivity index (χ2n) is 5.10. The molecular weight excluding hydrogens is 258 g/mol. The van der Waals surface area contributed by atoms with Crippen LogP contribution in [0.5, 0.6) is 0 Å². The van der Waals surface area contributed by atoms with E-state index in [9.17, 15) is 13.2 Å². The van der Waals surface area contributed by atoms with Crippen molar-refractivity contribution in [3.8, 4) is 0 Å². The first-order chi connectivity index (χ1) is 8.43. The normalized spacial score (nSPS) is 31.6. The van der Waals surface area contributed by atoms with Crippen LogP contribution in [0, 0.1) is 11.8 Å². The van der Waals surface area contributed by atoms with Crippen LogP contribution in [0.25, 0.3) is 0 Å². The van der Waals surface area contributed by atoms with Crippen LogP contribution in [0.2, 0.25) is 0 Å². The maximum Gasteiger partial charge on any atom is 0.308 e. The molecule has 7 heteroatoms. The van der Waals surface area contributed by atoms with Crippen molar-refractivity contribution in [2.75, 3.05) is 26.3 Å². The summed E-state index contributed by atoms with van der Waals surface area (Å²) in [5.41, 5.74) is 0. The van der Waals surface area contributed by atoms with Gasteiger partial charge in [0.05, 0.1) is 11.2 Å². The highest BCUT2D eigenvalue weighted by atomic mass is 32.2. The fourth-order valence-corrected chi connectivity index (χ4v) is 4.66. The Morgan fingerprint density at radius 3 is 2.39 bits per heavy atom. The second-order valence-corrected chi connectivity index (χ2v) is 7.31. The minimum absolute atomic E-state index is 0.107. The molecule has 2 heterocycles. The minimum Gasteiger partial charge on any atom is -0.481 e. The molecule has 2 atom stereocenters. The van der Waals surface area contributed by atoms with E-state index < -0.39 is 27.2 Å². The van der Waals surface area contributed by atoms with Crippen molar-refractivity contribution in [3.63, 3.8) is 0 Å². The van der Waals surface area contributed by atoms with E-state index in [1.165, 1.54) is 4.31 Å². The molecule has 0 bridgehead atoms. The molecule has 0 aliphatic carbocycles. The SMILES string of the molecule is C[C@@H]1CN(S(=O)(=O)C2CCOCC2)C[C@H]1C(=O)O. The van der Waals surface area contributed by atoms with Gasteiger partial charge in [0.15, 0.2) is 0 Å². The highest BCUT2D eigenvalue weighted by molar-refractivity contribution is 7.89. The van der Waals surface area contributed by atoms with Crippen LogP contribution in [0.3, 0.4) is 0 Å². The number of hydrogen-bond acceptors (Lipinski definition) is 4. The molecule has 0 radical (unpaired) electrons. The molecule has 104 valence electrons. The van der Waals surface area contributed by atoms with Gasteiger partial charge in [-0.15, -0.1) is 0 Å². The van der Waals surface area contributed by atoms with Gasteiger partial charge in [0.1, 0.15) is 0 Å². The first kappa shape index (κ1) is 13.8. The standard InChI is InChI=1S/C11H19NO5S/c1-8-6-12(7-10(8)11(13)14)18(15,16)9-2-4-17-5-3-9/h8-10H,2-7H2,1H3,(H,13,14)/t8-,10-/m1/s1. The summed E-state index contributed by atoms with van der Waals surface area (Å²) in [7, 11) is -3.37. The lowest BCUT2D eigenvalue weighted by atomic mass is 9.99. The summed E-state index contributed by atoms with van der Waals surface area (Å²) in [6.45, 7) is 3.15. The lowest BCUT2D eigenvalue weighted by Gasteiger charge is -2.27. The number of hydrogen-bond donors (Lipinski definition) is 1. The molecule has 6 nitrogen and oxygen atoms in total.